The van der Waals surface area contributed by atoms with E-state index >= 15 is 0 Å². The number of aliphatic hydroxyl groups is 1. The van der Waals surface area contributed by atoms with E-state index < -0.39 is 5.60 Å². The summed E-state index contributed by atoms with van der Waals surface area (Å²) in [6.45, 7) is 1.41. The smallest absolute Gasteiger partial charge is 0.225 e. The maximum absolute atomic E-state index is 12.2. The molecule has 2 heterocycles. The molecule has 1 amide bonds. The van der Waals surface area contributed by atoms with Crippen LogP contribution in [0.15, 0.2) is 42.7 Å². The number of anilines is 1. The summed E-state index contributed by atoms with van der Waals surface area (Å²) in [5.74, 6) is 1.25. The summed E-state index contributed by atoms with van der Waals surface area (Å²) < 4.78 is 5.11. The number of nitrogens with one attached hydrogen (secondary N) is 1. The summed E-state index contributed by atoms with van der Waals surface area (Å²) >= 11 is 0. The molecule has 2 aromatic rings. The minimum absolute atomic E-state index is 0.114. The minimum Gasteiger partial charge on any atom is -0.497 e. The van der Waals surface area contributed by atoms with E-state index in [-0.39, 0.29) is 18.9 Å². The van der Waals surface area contributed by atoms with Crippen LogP contribution in [0.4, 0.5) is 5.95 Å². The van der Waals surface area contributed by atoms with Crippen LogP contribution in [-0.4, -0.2) is 53.3 Å². The van der Waals surface area contributed by atoms with E-state index in [1.54, 1.807) is 25.6 Å². The van der Waals surface area contributed by atoms with E-state index in [1.807, 2.05) is 29.2 Å². The fourth-order valence-corrected chi connectivity index (χ4v) is 3.14. The summed E-state index contributed by atoms with van der Waals surface area (Å²) in [6, 6.07) is 9.15. The molecular formula is C19H24N4O3. The minimum atomic E-state index is -0.979. The van der Waals surface area contributed by atoms with Crippen molar-refractivity contribution in [1.29, 1.82) is 0 Å². The van der Waals surface area contributed by atoms with Crippen molar-refractivity contribution in [3.63, 3.8) is 0 Å². The third-order valence-electron chi connectivity index (χ3n) is 4.53. The summed E-state index contributed by atoms with van der Waals surface area (Å²) in [7, 11) is 1.61. The Bertz CT molecular complexity index is 723. The number of methoxy groups -OCH3 is 1. The quantitative estimate of drug-likeness (QED) is 0.808. The number of piperidine rings is 1. The van der Waals surface area contributed by atoms with Crippen LogP contribution in [-0.2, 0) is 11.2 Å². The molecule has 0 bridgehead atoms. The van der Waals surface area contributed by atoms with Gasteiger partial charge in [0.1, 0.15) is 5.75 Å². The van der Waals surface area contributed by atoms with Gasteiger partial charge >= 0.3 is 0 Å². The Kier molecular flexibility index (Phi) is 5.68. The van der Waals surface area contributed by atoms with Crippen molar-refractivity contribution >= 4 is 11.9 Å². The lowest BCUT2D eigenvalue weighted by Gasteiger charge is -2.39. The second-order valence-corrected chi connectivity index (χ2v) is 6.60. The Morgan fingerprint density at radius 3 is 2.73 bits per heavy atom. The highest BCUT2D eigenvalue weighted by molar-refractivity contribution is 5.78. The van der Waals surface area contributed by atoms with Gasteiger partial charge in [-0.2, -0.15) is 0 Å². The molecule has 1 aromatic carbocycles. The fourth-order valence-electron chi connectivity index (χ4n) is 3.14. The van der Waals surface area contributed by atoms with Gasteiger partial charge in [0.2, 0.25) is 11.9 Å². The number of aromatic nitrogens is 2. The summed E-state index contributed by atoms with van der Waals surface area (Å²) in [5, 5.41) is 13.7. The van der Waals surface area contributed by atoms with Gasteiger partial charge in [0.15, 0.2) is 0 Å². The summed E-state index contributed by atoms with van der Waals surface area (Å²) in [6.07, 6.45) is 5.10. The van der Waals surface area contributed by atoms with Crippen LogP contribution in [0.3, 0.4) is 0 Å². The first-order chi connectivity index (χ1) is 12.6. The van der Waals surface area contributed by atoms with Gasteiger partial charge in [0.05, 0.1) is 25.7 Å². The van der Waals surface area contributed by atoms with Gasteiger partial charge in [0, 0.05) is 25.5 Å². The van der Waals surface area contributed by atoms with Crippen LogP contribution in [0, 0.1) is 0 Å². The highest BCUT2D eigenvalue weighted by atomic mass is 16.5. The number of carbonyl (C=O) groups is 1. The zero-order chi connectivity index (χ0) is 18.4. The Morgan fingerprint density at radius 2 is 2.04 bits per heavy atom. The molecule has 1 aromatic heterocycles. The molecule has 7 nitrogen and oxygen atoms in total. The molecule has 1 fully saturated rings. The van der Waals surface area contributed by atoms with Crippen LogP contribution < -0.4 is 15.0 Å². The van der Waals surface area contributed by atoms with Gasteiger partial charge in [-0.25, -0.2) is 9.97 Å². The molecule has 26 heavy (non-hydrogen) atoms. The molecule has 0 unspecified atom stereocenters. The van der Waals surface area contributed by atoms with Gasteiger partial charge in [-0.1, -0.05) is 12.1 Å². The Morgan fingerprint density at radius 1 is 1.31 bits per heavy atom. The lowest BCUT2D eigenvalue weighted by Crippen LogP contribution is -2.54. The van der Waals surface area contributed by atoms with Gasteiger partial charge in [-0.05, 0) is 36.6 Å². The average molecular weight is 356 g/mol. The van der Waals surface area contributed by atoms with Gasteiger partial charge in [-0.15, -0.1) is 0 Å². The summed E-state index contributed by atoms with van der Waals surface area (Å²) in [4.78, 5) is 22.6. The maximum Gasteiger partial charge on any atom is 0.225 e. The number of hydrogen-bond acceptors (Lipinski definition) is 6. The number of nitrogens with zero attached hydrogens (tertiary/aromatic N) is 3. The van der Waals surface area contributed by atoms with Crippen molar-refractivity contribution in [2.45, 2.75) is 24.9 Å². The Labute approximate surface area is 153 Å². The van der Waals surface area contributed by atoms with E-state index in [1.165, 1.54) is 0 Å². The molecule has 1 aliphatic heterocycles. The lowest BCUT2D eigenvalue weighted by molar-refractivity contribution is -0.121. The molecule has 1 saturated heterocycles. The Hall–Kier alpha value is -2.67. The molecule has 0 aliphatic carbocycles. The number of ether oxygens (including phenoxy) is 1. The molecular weight excluding hydrogens is 332 g/mol. The van der Waals surface area contributed by atoms with E-state index in [0.717, 1.165) is 24.3 Å². The topological polar surface area (TPSA) is 87.6 Å². The largest absolute Gasteiger partial charge is 0.497 e. The van der Waals surface area contributed by atoms with Crippen molar-refractivity contribution in [3.8, 4) is 5.75 Å². The predicted octanol–water partition coefficient (Wildman–Crippen LogP) is 1.18. The van der Waals surface area contributed by atoms with Crippen molar-refractivity contribution in [3.05, 3.63) is 48.3 Å². The van der Waals surface area contributed by atoms with E-state index in [4.69, 9.17) is 4.74 Å². The SMILES string of the molecule is COc1ccc(CC(=O)NC[C@]2(O)CCCN(c3ncccn3)C2)cc1. The predicted molar refractivity (Wildman–Crippen MR) is 98.1 cm³/mol. The Balaban J connectivity index is 1.53. The number of carbonyl (C=O) groups excluding carboxylic acids is 1. The van der Waals surface area contributed by atoms with Crippen LogP contribution in [0.25, 0.3) is 0 Å². The molecule has 138 valence electrons. The molecule has 7 heteroatoms. The first-order valence-electron chi connectivity index (χ1n) is 8.72. The highest BCUT2D eigenvalue weighted by Crippen LogP contribution is 2.23. The molecule has 1 atom stereocenters. The highest BCUT2D eigenvalue weighted by Gasteiger charge is 2.34. The van der Waals surface area contributed by atoms with E-state index in [2.05, 4.69) is 15.3 Å². The number of benzene rings is 1. The second-order valence-electron chi connectivity index (χ2n) is 6.60. The number of β-amino-alcohol motifs (C(OH)–C–C–N with tert-alkyl or cyclic N) is 1. The molecule has 0 spiro atoms. The normalized spacial score (nSPS) is 19.8. The zero-order valence-corrected chi connectivity index (χ0v) is 14.9. The van der Waals surface area contributed by atoms with Crippen molar-refractivity contribution in [2.75, 3.05) is 31.6 Å². The van der Waals surface area contributed by atoms with Gasteiger partial charge in [-0.3, -0.25) is 4.79 Å². The first kappa shape index (κ1) is 18.1. The van der Waals surface area contributed by atoms with Crippen LogP contribution in [0.5, 0.6) is 5.75 Å². The molecule has 0 radical (unpaired) electrons. The number of hydrogen-bond donors (Lipinski definition) is 2. The molecule has 3 rings (SSSR count). The molecule has 1 aliphatic rings. The first-order valence-corrected chi connectivity index (χ1v) is 8.72. The fraction of sp³-hybridized carbons (Fsp3) is 0.421. The third-order valence-corrected chi connectivity index (χ3v) is 4.53. The van der Waals surface area contributed by atoms with E-state index in [0.29, 0.717) is 18.9 Å². The second kappa shape index (κ2) is 8.14. The van der Waals surface area contributed by atoms with Gasteiger partial charge < -0.3 is 20.1 Å². The maximum atomic E-state index is 12.2. The van der Waals surface area contributed by atoms with E-state index in [9.17, 15) is 9.90 Å². The molecule has 0 saturated carbocycles. The van der Waals surface area contributed by atoms with Crippen molar-refractivity contribution in [1.82, 2.24) is 15.3 Å². The van der Waals surface area contributed by atoms with Crippen LogP contribution >= 0.6 is 0 Å². The van der Waals surface area contributed by atoms with Gasteiger partial charge in [0.25, 0.3) is 0 Å². The van der Waals surface area contributed by atoms with Crippen molar-refractivity contribution in [2.24, 2.45) is 0 Å². The standard InChI is InChI=1S/C19H24N4O3/c1-26-16-6-4-15(5-7-16)12-17(24)22-13-19(25)8-2-11-23(14-19)18-20-9-3-10-21-18/h3-7,9-10,25H,2,8,11-14H2,1H3,(H,22,24)/t19-/m1/s1. The lowest BCUT2D eigenvalue weighted by atomic mass is 9.93. The zero-order valence-electron chi connectivity index (χ0n) is 14.9. The third kappa shape index (κ3) is 4.70. The van der Waals surface area contributed by atoms with Crippen LogP contribution in [0.1, 0.15) is 18.4 Å². The van der Waals surface area contributed by atoms with Crippen molar-refractivity contribution < 1.29 is 14.6 Å². The number of rotatable bonds is 6. The molecule has 2 N–H and O–H groups in total. The average Bonchev–Trinajstić information content (AvgIpc) is 2.68. The summed E-state index contributed by atoms with van der Waals surface area (Å²) in [5.41, 5.74) is -0.0780. The number of amides is 1. The monoisotopic (exact) mass is 356 g/mol. The van der Waals surface area contributed by atoms with Crippen LogP contribution in [0.2, 0.25) is 0 Å².